The van der Waals surface area contributed by atoms with Gasteiger partial charge in [0.05, 0.1) is 20.8 Å². The smallest absolute Gasteiger partial charge is 0.160 e. The average Bonchev–Trinajstić information content (AvgIpc) is 2.21. The minimum atomic E-state index is 0. The highest BCUT2D eigenvalue weighted by Gasteiger charge is 2.07. The molecule has 0 unspecified atom stereocenters. The van der Waals surface area contributed by atoms with Crippen molar-refractivity contribution in [2.75, 3.05) is 18.6 Å². The second kappa shape index (κ2) is 7.87. The molecule has 0 aromatic heterocycles. The van der Waals surface area contributed by atoms with Crippen molar-refractivity contribution in [1.82, 2.24) is 0 Å². The lowest BCUT2D eigenvalue weighted by Gasteiger charge is -2.09. The van der Waals surface area contributed by atoms with Gasteiger partial charge in [-0.2, -0.15) is 0 Å². The van der Waals surface area contributed by atoms with Crippen LogP contribution in [0.5, 0.6) is 0 Å². The van der Waals surface area contributed by atoms with Crippen LogP contribution in [0.4, 0.5) is 5.69 Å². The molecule has 2 nitrogen and oxygen atoms in total. The SMILES string of the molecule is CN=C(Nc1cc(Cl)c(Cl)cc1Cl)SC.I. The summed E-state index contributed by atoms with van der Waals surface area (Å²) in [4.78, 5) is 4.03. The Morgan fingerprint density at radius 2 is 1.75 bits per heavy atom. The van der Waals surface area contributed by atoms with Crippen LogP contribution in [0, 0.1) is 0 Å². The van der Waals surface area contributed by atoms with E-state index < -0.39 is 0 Å². The van der Waals surface area contributed by atoms with Crippen LogP contribution < -0.4 is 5.32 Å². The van der Waals surface area contributed by atoms with E-state index in [-0.39, 0.29) is 24.0 Å². The fourth-order valence-corrected chi connectivity index (χ4v) is 1.92. The zero-order chi connectivity index (χ0) is 11.4. The summed E-state index contributed by atoms with van der Waals surface area (Å²) in [6, 6.07) is 3.27. The van der Waals surface area contributed by atoms with Crippen LogP contribution in [0.2, 0.25) is 15.1 Å². The van der Waals surface area contributed by atoms with Crippen LogP contribution in [-0.2, 0) is 0 Å². The number of halogens is 4. The Hall–Kier alpha value is 0.640. The summed E-state index contributed by atoms with van der Waals surface area (Å²) >= 11 is 19.2. The van der Waals surface area contributed by atoms with E-state index in [2.05, 4.69) is 10.3 Å². The lowest BCUT2D eigenvalue weighted by molar-refractivity contribution is 1.45. The van der Waals surface area contributed by atoms with E-state index in [1.807, 2.05) is 6.26 Å². The van der Waals surface area contributed by atoms with E-state index in [0.717, 1.165) is 5.17 Å². The van der Waals surface area contributed by atoms with Gasteiger partial charge in [0.25, 0.3) is 0 Å². The third-order valence-corrected chi connectivity index (χ3v) is 3.35. The van der Waals surface area contributed by atoms with Gasteiger partial charge in [-0.1, -0.05) is 46.6 Å². The van der Waals surface area contributed by atoms with E-state index in [0.29, 0.717) is 20.8 Å². The largest absolute Gasteiger partial charge is 0.334 e. The summed E-state index contributed by atoms with van der Waals surface area (Å²) < 4.78 is 0. The van der Waals surface area contributed by atoms with Gasteiger partial charge in [0.15, 0.2) is 5.17 Å². The van der Waals surface area contributed by atoms with E-state index in [1.54, 1.807) is 19.2 Å². The lowest BCUT2D eigenvalue weighted by Crippen LogP contribution is -2.07. The Morgan fingerprint density at radius 1 is 1.19 bits per heavy atom. The molecule has 0 heterocycles. The number of amidine groups is 1. The predicted octanol–water partition coefficient (Wildman–Crippen LogP) is 5.03. The van der Waals surface area contributed by atoms with Crippen LogP contribution in [0.3, 0.4) is 0 Å². The second-order valence-electron chi connectivity index (χ2n) is 2.60. The van der Waals surface area contributed by atoms with Crippen molar-refractivity contribution < 1.29 is 0 Å². The molecule has 0 spiro atoms. The van der Waals surface area contributed by atoms with Gasteiger partial charge in [0.2, 0.25) is 0 Å². The average molecular weight is 412 g/mol. The summed E-state index contributed by atoms with van der Waals surface area (Å²) in [5.41, 5.74) is 0.695. The first-order valence-electron chi connectivity index (χ1n) is 4.00. The van der Waals surface area contributed by atoms with Crippen molar-refractivity contribution in [3.8, 4) is 0 Å². The van der Waals surface area contributed by atoms with Gasteiger partial charge in [0, 0.05) is 7.05 Å². The van der Waals surface area contributed by atoms with Crippen molar-refractivity contribution in [3.63, 3.8) is 0 Å². The van der Waals surface area contributed by atoms with Gasteiger partial charge < -0.3 is 5.32 Å². The van der Waals surface area contributed by atoms with Crippen molar-refractivity contribution in [1.29, 1.82) is 0 Å². The minimum Gasteiger partial charge on any atom is -0.334 e. The molecule has 7 heteroatoms. The number of nitrogens with one attached hydrogen (secondary N) is 1. The maximum Gasteiger partial charge on any atom is 0.160 e. The molecule has 0 saturated heterocycles. The van der Waals surface area contributed by atoms with Gasteiger partial charge in [-0.15, -0.1) is 24.0 Å². The molecule has 0 aliphatic heterocycles. The van der Waals surface area contributed by atoms with Crippen molar-refractivity contribution >= 4 is 81.4 Å². The molecular formula is C9H10Cl3IN2S. The minimum absolute atomic E-state index is 0. The molecule has 0 aliphatic carbocycles. The predicted molar refractivity (Wildman–Crippen MR) is 87.4 cm³/mol. The number of rotatable bonds is 1. The zero-order valence-electron chi connectivity index (χ0n) is 8.55. The molecule has 0 fully saturated rings. The molecule has 0 aliphatic rings. The van der Waals surface area contributed by atoms with Gasteiger partial charge in [-0.05, 0) is 18.4 Å². The molecule has 1 aromatic carbocycles. The normalized spacial score (nSPS) is 10.9. The van der Waals surface area contributed by atoms with Crippen molar-refractivity contribution in [2.24, 2.45) is 4.99 Å². The molecule has 1 N–H and O–H groups in total. The standard InChI is InChI=1S/C9H9Cl3N2S.HI/c1-13-9(15-2)14-8-4-6(11)5(10)3-7(8)12;/h3-4H,1-2H3,(H,13,14);1H. The maximum atomic E-state index is 5.99. The van der Waals surface area contributed by atoms with Crippen LogP contribution in [0.25, 0.3) is 0 Å². The van der Waals surface area contributed by atoms with E-state index >= 15 is 0 Å². The second-order valence-corrected chi connectivity index (χ2v) is 4.62. The summed E-state index contributed by atoms with van der Waals surface area (Å²) in [6.45, 7) is 0. The third-order valence-electron chi connectivity index (χ3n) is 1.65. The summed E-state index contributed by atoms with van der Waals surface area (Å²) in [7, 11) is 1.70. The van der Waals surface area contributed by atoms with Gasteiger partial charge >= 0.3 is 0 Å². The van der Waals surface area contributed by atoms with Crippen LogP contribution >= 0.6 is 70.5 Å². The highest BCUT2D eigenvalue weighted by Crippen LogP contribution is 2.32. The lowest BCUT2D eigenvalue weighted by atomic mass is 10.3. The monoisotopic (exact) mass is 410 g/mol. The summed E-state index contributed by atoms with van der Waals surface area (Å²) in [5.74, 6) is 0. The fraction of sp³-hybridized carbons (Fsp3) is 0.222. The Morgan fingerprint density at radius 3 is 2.25 bits per heavy atom. The van der Waals surface area contributed by atoms with E-state index in [1.165, 1.54) is 11.8 Å². The number of aliphatic imine (C=N–C) groups is 1. The topological polar surface area (TPSA) is 24.4 Å². The van der Waals surface area contributed by atoms with Crippen molar-refractivity contribution in [2.45, 2.75) is 0 Å². The third kappa shape index (κ3) is 4.49. The quantitative estimate of drug-likeness (QED) is 0.304. The summed E-state index contributed by atoms with van der Waals surface area (Å²) in [5, 5.41) is 5.22. The Labute approximate surface area is 131 Å². The fourth-order valence-electron chi connectivity index (χ4n) is 0.932. The summed E-state index contributed by atoms with van der Waals surface area (Å²) in [6.07, 6.45) is 1.92. The molecular weight excluding hydrogens is 401 g/mol. The zero-order valence-corrected chi connectivity index (χ0v) is 14.0. The molecule has 0 amide bonds. The molecule has 0 saturated carbocycles. The first-order chi connectivity index (χ1) is 7.08. The molecule has 0 atom stereocenters. The molecule has 90 valence electrons. The number of nitrogens with zero attached hydrogens (tertiary/aromatic N) is 1. The molecule has 1 aromatic rings. The van der Waals surface area contributed by atoms with Gasteiger partial charge in [-0.25, -0.2) is 0 Å². The Kier molecular flexibility index (Phi) is 8.18. The Balaban J connectivity index is 0.00000225. The maximum absolute atomic E-state index is 5.99. The number of benzene rings is 1. The number of hydrogen-bond donors (Lipinski definition) is 1. The molecule has 0 bridgehead atoms. The van der Waals surface area contributed by atoms with Crippen LogP contribution in [-0.4, -0.2) is 18.5 Å². The first kappa shape index (κ1) is 16.6. The Bertz CT molecular complexity index is 399. The van der Waals surface area contributed by atoms with Crippen LogP contribution in [0.1, 0.15) is 0 Å². The van der Waals surface area contributed by atoms with Gasteiger partial charge in [-0.3, -0.25) is 4.99 Å². The highest BCUT2D eigenvalue weighted by molar-refractivity contribution is 14.0. The van der Waals surface area contributed by atoms with E-state index in [9.17, 15) is 0 Å². The molecule has 16 heavy (non-hydrogen) atoms. The number of hydrogen-bond acceptors (Lipinski definition) is 2. The van der Waals surface area contributed by atoms with Crippen LogP contribution in [0.15, 0.2) is 17.1 Å². The first-order valence-corrected chi connectivity index (χ1v) is 6.36. The number of thioether (sulfide) groups is 1. The molecule has 0 radical (unpaired) electrons. The van der Waals surface area contributed by atoms with Gasteiger partial charge in [0.1, 0.15) is 0 Å². The van der Waals surface area contributed by atoms with Crippen molar-refractivity contribution in [3.05, 3.63) is 27.2 Å². The number of anilines is 1. The van der Waals surface area contributed by atoms with E-state index in [4.69, 9.17) is 34.8 Å². The highest BCUT2D eigenvalue weighted by atomic mass is 127. The molecule has 1 rings (SSSR count).